The molecule has 0 unspecified atom stereocenters. The summed E-state index contributed by atoms with van der Waals surface area (Å²) in [6.07, 6.45) is 4.62. The number of amides is 1. The number of para-hydroxylation sites is 2. The van der Waals surface area contributed by atoms with Crippen LogP contribution in [0.4, 0.5) is 5.69 Å². The van der Waals surface area contributed by atoms with Crippen molar-refractivity contribution in [2.24, 2.45) is 0 Å². The van der Waals surface area contributed by atoms with Gasteiger partial charge in [0, 0.05) is 11.3 Å². The number of methoxy groups -OCH3 is 1. The molecule has 1 aliphatic rings. The number of carbonyl (C=O) groups excluding carboxylic acids is 1. The Labute approximate surface area is 162 Å². The van der Waals surface area contributed by atoms with Gasteiger partial charge in [-0.2, -0.15) is 0 Å². The molecular weight excluding hydrogens is 356 g/mol. The van der Waals surface area contributed by atoms with Gasteiger partial charge in [-0.15, -0.1) is 0 Å². The van der Waals surface area contributed by atoms with Crippen molar-refractivity contribution in [1.82, 2.24) is 14.6 Å². The lowest BCUT2D eigenvalue weighted by Gasteiger charge is -2.11. The largest absolute Gasteiger partial charge is 0.495 e. The number of fused-ring (bicyclic) bond motifs is 1. The van der Waals surface area contributed by atoms with Crippen molar-refractivity contribution in [2.45, 2.75) is 45.4 Å². The highest BCUT2D eigenvalue weighted by atomic mass is 16.5. The lowest BCUT2D eigenvalue weighted by atomic mass is 9.98. The van der Waals surface area contributed by atoms with Crippen molar-refractivity contribution >= 4 is 17.2 Å². The normalized spacial score (nSPS) is 14.5. The zero-order chi connectivity index (χ0) is 19.8. The monoisotopic (exact) mass is 380 g/mol. The van der Waals surface area contributed by atoms with Gasteiger partial charge in [-0.25, -0.2) is 9.50 Å². The van der Waals surface area contributed by atoms with Gasteiger partial charge in [0.2, 0.25) is 0 Å². The van der Waals surface area contributed by atoms with Crippen molar-refractivity contribution < 1.29 is 9.53 Å². The predicted octanol–water partition coefficient (Wildman–Crippen LogP) is 3.56. The van der Waals surface area contributed by atoms with Crippen LogP contribution in [-0.4, -0.2) is 27.6 Å². The van der Waals surface area contributed by atoms with Crippen LogP contribution in [0.5, 0.6) is 5.75 Å². The number of carbonyl (C=O) groups is 1. The smallest absolute Gasteiger partial charge is 0.285 e. The van der Waals surface area contributed by atoms with Crippen LogP contribution in [0.15, 0.2) is 29.1 Å². The third-order valence-corrected chi connectivity index (χ3v) is 5.53. The number of hydrogen-bond acceptors (Lipinski definition) is 4. The van der Waals surface area contributed by atoms with Gasteiger partial charge in [-0.1, -0.05) is 25.0 Å². The van der Waals surface area contributed by atoms with Gasteiger partial charge in [0.15, 0.2) is 5.65 Å². The first-order valence-electron chi connectivity index (χ1n) is 9.57. The number of aromatic nitrogens is 3. The van der Waals surface area contributed by atoms with Gasteiger partial charge in [-0.05, 0) is 44.7 Å². The Kier molecular flexibility index (Phi) is 4.66. The van der Waals surface area contributed by atoms with Crippen LogP contribution in [0, 0.1) is 13.8 Å². The van der Waals surface area contributed by atoms with E-state index >= 15 is 0 Å². The van der Waals surface area contributed by atoms with E-state index in [1.54, 1.807) is 25.1 Å². The molecular formula is C21H24N4O3. The third kappa shape index (κ3) is 2.96. The van der Waals surface area contributed by atoms with Crippen molar-refractivity contribution in [2.75, 3.05) is 12.4 Å². The molecule has 0 atom stereocenters. The molecule has 7 nitrogen and oxygen atoms in total. The third-order valence-electron chi connectivity index (χ3n) is 5.53. The molecule has 1 amide bonds. The van der Waals surface area contributed by atoms with Gasteiger partial charge >= 0.3 is 0 Å². The van der Waals surface area contributed by atoms with Gasteiger partial charge in [0.05, 0.1) is 18.5 Å². The molecule has 0 aliphatic heterocycles. The van der Waals surface area contributed by atoms with Crippen LogP contribution in [0.25, 0.3) is 5.65 Å². The lowest BCUT2D eigenvalue weighted by Crippen LogP contribution is -2.29. The van der Waals surface area contributed by atoms with E-state index < -0.39 is 5.91 Å². The Hall–Kier alpha value is -3.09. The standard InChI is InChI=1S/C21H24N4O3/c1-12-18(20(26)23-15-10-6-7-11-16(15)28-3)21(27)25-19(22-12)17(13(2)24-25)14-8-4-5-9-14/h6-7,10-11,14,24H,4-5,8-9H2,1-3H3,(H,23,26). The number of benzene rings is 1. The summed E-state index contributed by atoms with van der Waals surface area (Å²) in [5, 5.41) is 5.89. The average Bonchev–Trinajstić information content (AvgIpc) is 3.29. The first kappa shape index (κ1) is 18.3. The van der Waals surface area contributed by atoms with Gasteiger partial charge in [0.1, 0.15) is 11.3 Å². The van der Waals surface area contributed by atoms with E-state index in [0.29, 0.717) is 28.7 Å². The molecule has 0 bridgehead atoms. The van der Waals surface area contributed by atoms with Crippen molar-refractivity contribution in [3.63, 3.8) is 0 Å². The number of nitrogens with zero attached hydrogens (tertiary/aromatic N) is 2. The first-order valence-corrected chi connectivity index (χ1v) is 9.57. The Bertz CT molecular complexity index is 1110. The minimum Gasteiger partial charge on any atom is -0.495 e. The van der Waals surface area contributed by atoms with Gasteiger partial charge in [-0.3, -0.25) is 14.7 Å². The summed E-state index contributed by atoms with van der Waals surface area (Å²) in [6, 6.07) is 7.08. The first-order chi connectivity index (χ1) is 13.5. The average molecular weight is 380 g/mol. The summed E-state index contributed by atoms with van der Waals surface area (Å²) in [4.78, 5) is 30.6. The second-order valence-electron chi connectivity index (χ2n) is 7.32. The van der Waals surface area contributed by atoms with Crippen molar-refractivity contribution in [3.8, 4) is 5.75 Å². The maximum absolute atomic E-state index is 13.1. The number of aryl methyl sites for hydroxylation is 2. The highest BCUT2D eigenvalue weighted by molar-refractivity contribution is 6.05. The van der Waals surface area contributed by atoms with Crippen LogP contribution in [-0.2, 0) is 0 Å². The molecule has 1 aromatic carbocycles. The van der Waals surface area contributed by atoms with Crippen LogP contribution < -0.4 is 15.6 Å². The summed E-state index contributed by atoms with van der Waals surface area (Å²) in [6.45, 7) is 3.67. The molecule has 1 fully saturated rings. The molecule has 3 aromatic rings. The number of hydrogen-bond donors (Lipinski definition) is 2. The van der Waals surface area contributed by atoms with E-state index in [9.17, 15) is 9.59 Å². The quantitative estimate of drug-likeness (QED) is 0.724. The molecule has 4 rings (SSSR count). The number of nitrogens with one attached hydrogen (secondary N) is 2. The van der Waals surface area contributed by atoms with E-state index in [2.05, 4.69) is 15.4 Å². The molecule has 0 radical (unpaired) electrons. The maximum atomic E-state index is 13.1. The van der Waals surface area contributed by atoms with E-state index in [4.69, 9.17) is 4.74 Å². The van der Waals surface area contributed by atoms with Crippen LogP contribution >= 0.6 is 0 Å². The SMILES string of the molecule is COc1ccccc1NC(=O)c1c(C)nc2c(C3CCCC3)c(C)[nH]n2c1=O. The van der Waals surface area contributed by atoms with E-state index in [1.807, 2.05) is 13.0 Å². The predicted molar refractivity (Wildman–Crippen MR) is 107 cm³/mol. The van der Waals surface area contributed by atoms with Crippen molar-refractivity contribution in [1.29, 1.82) is 0 Å². The van der Waals surface area contributed by atoms with Crippen LogP contribution in [0.1, 0.15) is 58.9 Å². The molecule has 2 aromatic heterocycles. The Morgan fingerprint density at radius 1 is 1.25 bits per heavy atom. The second-order valence-corrected chi connectivity index (χ2v) is 7.32. The molecule has 146 valence electrons. The second kappa shape index (κ2) is 7.14. The highest BCUT2D eigenvalue weighted by Crippen LogP contribution is 2.37. The molecule has 0 saturated heterocycles. The number of rotatable bonds is 4. The number of ether oxygens (including phenoxy) is 1. The van der Waals surface area contributed by atoms with Gasteiger partial charge < -0.3 is 10.1 Å². The zero-order valence-electron chi connectivity index (χ0n) is 16.3. The molecule has 1 saturated carbocycles. The fraction of sp³-hybridized carbons (Fsp3) is 0.381. The number of anilines is 1. The minimum absolute atomic E-state index is 0.0302. The molecule has 7 heteroatoms. The summed E-state index contributed by atoms with van der Waals surface area (Å²) in [5.41, 5.74) is 3.27. The highest BCUT2D eigenvalue weighted by Gasteiger charge is 2.27. The summed E-state index contributed by atoms with van der Waals surface area (Å²) in [7, 11) is 1.53. The molecule has 1 aliphatic carbocycles. The Balaban J connectivity index is 1.78. The number of aromatic amines is 1. The summed E-state index contributed by atoms with van der Waals surface area (Å²) >= 11 is 0. The molecule has 0 spiro atoms. The van der Waals surface area contributed by atoms with Gasteiger partial charge in [0.25, 0.3) is 11.5 Å². The Morgan fingerprint density at radius 3 is 2.68 bits per heavy atom. The number of H-pyrrole nitrogens is 1. The van der Waals surface area contributed by atoms with E-state index in [0.717, 1.165) is 24.1 Å². The molecule has 2 N–H and O–H groups in total. The molecule has 2 heterocycles. The van der Waals surface area contributed by atoms with Crippen LogP contribution in [0.3, 0.4) is 0 Å². The summed E-state index contributed by atoms with van der Waals surface area (Å²) in [5.74, 6) is 0.450. The maximum Gasteiger partial charge on any atom is 0.285 e. The Morgan fingerprint density at radius 2 is 1.96 bits per heavy atom. The van der Waals surface area contributed by atoms with Crippen molar-refractivity contribution in [3.05, 3.63) is 57.1 Å². The summed E-state index contributed by atoms with van der Waals surface area (Å²) < 4.78 is 6.68. The fourth-order valence-corrected chi connectivity index (χ4v) is 4.20. The zero-order valence-corrected chi connectivity index (χ0v) is 16.3. The lowest BCUT2D eigenvalue weighted by molar-refractivity contribution is 0.102. The van der Waals surface area contributed by atoms with E-state index in [1.165, 1.54) is 24.5 Å². The minimum atomic E-state index is -0.497. The van der Waals surface area contributed by atoms with Crippen LogP contribution in [0.2, 0.25) is 0 Å². The van der Waals surface area contributed by atoms with E-state index in [-0.39, 0.29) is 11.1 Å². The topological polar surface area (TPSA) is 88.5 Å². The molecule has 28 heavy (non-hydrogen) atoms. The fourth-order valence-electron chi connectivity index (χ4n) is 4.20.